The second-order valence-electron chi connectivity index (χ2n) is 6.41. The Hall–Kier alpha value is -2.04. The van der Waals surface area contributed by atoms with Gasteiger partial charge >= 0.3 is 0 Å². The van der Waals surface area contributed by atoms with Crippen LogP contribution >= 0.6 is 0 Å². The second-order valence-corrected chi connectivity index (χ2v) is 6.41. The summed E-state index contributed by atoms with van der Waals surface area (Å²) in [6.45, 7) is 4.69. The molecule has 2 amide bonds. The molecule has 0 radical (unpaired) electrons. The van der Waals surface area contributed by atoms with Crippen LogP contribution in [0.2, 0.25) is 0 Å². The summed E-state index contributed by atoms with van der Waals surface area (Å²) in [6.07, 6.45) is 3.81. The standard InChI is InChI=1S/C19H28N2O3/c1-4-6-18(22)20-12-13-10-15(13)16-11-14(24-3)8-9-17(16)21-19(23)7-5-2/h8-9,11,13,15H,4-7,10,12H2,1-3H3,(H,20,22)(H,21,23)/t13-,15+/m0/s1. The van der Waals surface area contributed by atoms with Crippen molar-refractivity contribution in [3.63, 3.8) is 0 Å². The van der Waals surface area contributed by atoms with Crippen LogP contribution in [0.5, 0.6) is 5.75 Å². The van der Waals surface area contributed by atoms with Crippen molar-refractivity contribution in [3.05, 3.63) is 23.8 Å². The SMILES string of the molecule is CCCC(=O)NC[C@@H]1C[C@H]1c1cc(OC)ccc1NC(=O)CCC. The van der Waals surface area contributed by atoms with Crippen LogP contribution in [0.3, 0.4) is 0 Å². The number of anilines is 1. The number of ether oxygens (including phenoxy) is 1. The average molecular weight is 332 g/mol. The van der Waals surface area contributed by atoms with Crippen molar-refractivity contribution in [1.29, 1.82) is 0 Å². The maximum absolute atomic E-state index is 11.9. The topological polar surface area (TPSA) is 67.4 Å². The molecular formula is C19H28N2O3. The van der Waals surface area contributed by atoms with Crippen molar-refractivity contribution in [3.8, 4) is 5.75 Å². The first-order valence-corrected chi connectivity index (χ1v) is 8.83. The van der Waals surface area contributed by atoms with Gasteiger partial charge in [0, 0.05) is 25.1 Å². The number of benzene rings is 1. The molecular weight excluding hydrogens is 304 g/mol. The molecule has 0 bridgehead atoms. The Morgan fingerprint density at radius 3 is 2.54 bits per heavy atom. The van der Waals surface area contributed by atoms with E-state index in [0.29, 0.717) is 31.2 Å². The molecule has 1 aromatic rings. The van der Waals surface area contributed by atoms with E-state index in [1.165, 1.54) is 0 Å². The Bertz CT molecular complexity index is 586. The number of methoxy groups -OCH3 is 1. The van der Waals surface area contributed by atoms with Gasteiger partial charge in [0.15, 0.2) is 0 Å². The van der Waals surface area contributed by atoms with Gasteiger partial charge in [0.25, 0.3) is 0 Å². The summed E-state index contributed by atoms with van der Waals surface area (Å²) in [5.74, 6) is 1.74. The van der Waals surface area contributed by atoms with E-state index in [9.17, 15) is 9.59 Å². The lowest BCUT2D eigenvalue weighted by atomic mass is 10.1. The molecule has 5 heteroatoms. The molecule has 2 atom stereocenters. The van der Waals surface area contributed by atoms with Gasteiger partial charge in [-0.2, -0.15) is 0 Å². The lowest BCUT2D eigenvalue weighted by molar-refractivity contribution is -0.121. The van der Waals surface area contributed by atoms with E-state index < -0.39 is 0 Å². The van der Waals surface area contributed by atoms with Crippen LogP contribution in [0, 0.1) is 5.92 Å². The summed E-state index contributed by atoms with van der Waals surface area (Å²) < 4.78 is 5.32. The predicted octanol–water partition coefficient (Wildman–Crippen LogP) is 3.45. The lowest BCUT2D eigenvalue weighted by Gasteiger charge is -2.13. The summed E-state index contributed by atoms with van der Waals surface area (Å²) in [4.78, 5) is 23.5. The molecule has 0 aromatic heterocycles. The van der Waals surface area contributed by atoms with E-state index in [1.54, 1.807) is 7.11 Å². The van der Waals surface area contributed by atoms with Crippen molar-refractivity contribution < 1.29 is 14.3 Å². The van der Waals surface area contributed by atoms with Crippen LogP contribution in [-0.4, -0.2) is 25.5 Å². The van der Waals surface area contributed by atoms with Gasteiger partial charge in [-0.25, -0.2) is 0 Å². The van der Waals surface area contributed by atoms with Crippen LogP contribution in [-0.2, 0) is 9.59 Å². The molecule has 1 aliphatic carbocycles. The van der Waals surface area contributed by atoms with Gasteiger partial charge < -0.3 is 15.4 Å². The highest BCUT2D eigenvalue weighted by Crippen LogP contribution is 2.50. The minimum atomic E-state index is 0.0392. The molecule has 1 fully saturated rings. The molecule has 0 saturated heterocycles. The number of rotatable bonds is 9. The molecule has 132 valence electrons. The number of hydrogen-bond donors (Lipinski definition) is 2. The third-order valence-electron chi connectivity index (χ3n) is 4.37. The Labute approximate surface area is 144 Å². The van der Waals surface area contributed by atoms with Gasteiger partial charge in [0.2, 0.25) is 11.8 Å². The Balaban J connectivity index is 2.03. The first-order chi connectivity index (χ1) is 11.6. The van der Waals surface area contributed by atoms with Crippen molar-refractivity contribution in [2.75, 3.05) is 19.0 Å². The molecule has 0 spiro atoms. The van der Waals surface area contributed by atoms with E-state index in [1.807, 2.05) is 32.0 Å². The van der Waals surface area contributed by atoms with Crippen molar-refractivity contribution in [2.45, 2.75) is 51.9 Å². The first-order valence-electron chi connectivity index (χ1n) is 8.83. The van der Waals surface area contributed by atoms with Gasteiger partial charge in [0.05, 0.1) is 7.11 Å². The highest BCUT2D eigenvalue weighted by atomic mass is 16.5. The molecule has 0 unspecified atom stereocenters. The third kappa shape index (κ3) is 4.98. The molecule has 5 nitrogen and oxygen atoms in total. The Morgan fingerprint density at radius 1 is 1.17 bits per heavy atom. The van der Waals surface area contributed by atoms with Crippen LogP contribution in [0.4, 0.5) is 5.69 Å². The van der Waals surface area contributed by atoms with Crippen molar-refractivity contribution >= 4 is 17.5 Å². The highest BCUT2D eigenvalue weighted by Gasteiger charge is 2.40. The van der Waals surface area contributed by atoms with Crippen molar-refractivity contribution in [2.24, 2.45) is 5.92 Å². The normalized spacial score (nSPS) is 18.8. The molecule has 0 heterocycles. The largest absolute Gasteiger partial charge is 0.497 e. The Kier molecular flexibility index (Phi) is 6.64. The van der Waals surface area contributed by atoms with E-state index >= 15 is 0 Å². The molecule has 2 rings (SSSR count). The zero-order valence-electron chi connectivity index (χ0n) is 14.9. The van der Waals surface area contributed by atoms with Crippen LogP contribution in [0.1, 0.15) is 57.4 Å². The van der Waals surface area contributed by atoms with E-state index in [2.05, 4.69) is 10.6 Å². The summed E-state index contributed by atoms with van der Waals surface area (Å²) in [6, 6.07) is 5.78. The van der Waals surface area contributed by atoms with Crippen molar-refractivity contribution in [1.82, 2.24) is 5.32 Å². The summed E-state index contributed by atoms with van der Waals surface area (Å²) >= 11 is 0. The van der Waals surface area contributed by atoms with Gasteiger partial charge in [-0.1, -0.05) is 13.8 Å². The number of carbonyl (C=O) groups is 2. The fraction of sp³-hybridized carbons (Fsp3) is 0.579. The van der Waals surface area contributed by atoms with Gasteiger partial charge in [0.1, 0.15) is 5.75 Å². The molecule has 1 aromatic carbocycles. The highest BCUT2D eigenvalue weighted by molar-refractivity contribution is 5.91. The summed E-state index contributed by atoms with van der Waals surface area (Å²) in [5.41, 5.74) is 1.97. The summed E-state index contributed by atoms with van der Waals surface area (Å²) in [7, 11) is 1.64. The zero-order valence-corrected chi connectivity index (χ0v) is 14.9. The minimum absolute atomic E-state index is 0.0392. The zero-order chi connectivity index (χ0) is 17.5. The number of carbonyl (C=O) groups excluding carboxylic acids is 2. The number of amides is 2. The molecule has 0 aliphatic heterocycles. The van der Waals surface area contributed by atoms with E-state index in [-0.39, 0.29) is 11.8 Å². The fourth-order valence-electron chi connectivity index (χ4n) is 2.94. The van der Waals surface area contributed by atoms with E-state index in [0.717, 1.165) is 36.3 Å². The number of hydrogen-bond acceptors (Lipinski definition) is 3. The lowest BCUT2D eigenvalue weighted by Crippen LogP contribution is -2.25. The van der Waals surface area contributed by atoms with Crippen LogP contribution in [0.15, 0.2) is 18.2 Å². The van der Waals surface area contributed by atoms with Crippen LogP contribution in [0.25, 0.3) is 0 Å². The van der Waals surface area contributed by atoms with Crippen LogP contribution < -0.4 is 15.4 Å². The maximum atomic E-state index is 11.9. The average Bonchev–Trinajstić information content (AvgIpc) is 3.33. The molecule has 1 aliphatic rings. The van der Waals surface area contributed by atoms with E-state index in [4.69, 9.17) is 4.74 Å². The minimum Gasteiger partial charge on any atom is -0.497 e. The second kappa shape index (κ2) is 8.71. The molecule has 24 heavy (non-hydrogen) atoms. The summed E-state index contributed by atoms with van der Waals surface area (Å²) in [5, 5.41) is 6.00. The van der Waals surface area contributed by atoms with Gasteiger partial charge in [-0.3, -0.25) is 9.59 Å². The monoisotopic (exact) mass is 332 g/mol. The fourth-order valence-corrected chi connectivity index (χ4v) is 2.94. The number of nitrogens with one attached hydrogen (secondary N) is 2. The maximum Gasteiger partial charge on any atom is 0.224 e. The Morgan fingerprint density at radius 2 is 1.88 bits per heavy atom. The van der Waals surface area contributed by atoms with Gasteiger partial charge in [-0.15, -0.1) is 0 Å². The quantitative estimate of drug-likeness (QED) is 0.728. The smallest absolute Gasteiger partial charge is 0.224 e. The first kappa shape index (κ1) is 18.3. The third-order valence-corrected chi connectivity index (χ3v) is 4.37. The molecule has 1 saturated carbocycles. The van der Waals surface area contributed by atoms with Gasteiger partial charge in [-0.05, 0) is 54.9 Å². The molecule has 2 N–H and O–H groups in total. The predicted molar refractivity (Wildman–Crippen MR) is 95.3 cm³/mol.